The van der Waals surface area contributed by atoms with Crippen LogP contribution < -0.4 is 4.90 Å². The first kappa shape index (κ1) is 28.7. The van der Waals surface area contributed by atoms with E-state index < -0.39 is 17.4 Å². The van der Waals surface area contributed by atoms with Gasteiger partial charge in [0.25, 0.3) is 0 Å². The number of rotatable bonds is 9. The second-order valence-electron chi connectivity index (χ2n) is 12.3. The lowest BCUT2D eigenvalue weighted by Crippen LogP contribution is -2.51. The van der Waals surface area contributed by atoms with Gasteiger partial charge in [0, 0.05) is 37.5 Å². The minimum absolute atomic E-state index is 0.0390. The highest BCUT2D eigenvalue weighted by molar-refractivity contribution is 5.97. The van der Waals surface area contributed by atoms with Crippen LogP contribution in [0.1, 0.15) is 87.7 Å². The summed E-state index contributed by atoms with van der Waals surface area (Å²) in [4.78, 5) is 31.0. The fourth-order valence-corrected chi connectivity index (χ4v) is 6.73. The largest absolute Gasteiger partial charge is 0.469 e. The molecule has 2 aromatic carbocycles. The van der Waals surface area contributed by atoms with Crippen LogP contribution in [0.4, 0.5) is 14.5 Å². The Morgan fingerprint density at radius 1 is 1.00 bits per heavy atom. The number of nitrogens with zero attached hydrogens (tertiary/aromatic N) is 2. The molecule has 0 radical (unpaired) electrons. The number of carbonyl (C=O) groups is 2. The maximum atomic E-state index is 14.4. The van der Waals surface area contributed by atoms with Crippen molar-refractivity contribution in [3.05, 3.63) is 65.7 Å². The Morgan fingerprint density at radius 2 is 1.68 bits per heavy atom. The minimum Gasteiger partial charge on any atom is -0.469 e. The third kappa shape index (κ3) is 6.56. The summed E-state index contributed by atoms with van der Waals surface area (Å²) >= 11 is 0. The van der Waals surface area contributed by atoms with Crippen molar-refractivity contribution in [2.75, 3.05) is 31.6 Å². The van der Waals surface area contributed by atoms with Crippen molar-refractivity contribution in [2.24, 2.45) is 5.41 Å². The quantitative estimate of drug-likeness (QED) is 0.317. The number of esters is 1. The van der Waals surface area contributed by atoms with E-state index in [2.05, 4.69) is 36.1 Å². The number of amides is 1. The van der Waals surface area contributed by atoms with Gasteiger partial charge in [-0.25, -0.2) is 8.78 Å². The van der Waals surface area contributed by atoms with Crippen molar-refractivity contribution in [1.29, 1.82) is 0 Å². The summed E-state index contributed by atoms with van der Waals surface area (Å²) in [6, 6.07) is 17.4. The van der Waals surface area contributed by atoms with Gasteiger partial charge in [-0.1, -0.05) is 49.4 Å². The van der Waals surface area contributed by atoms with Gasteiger partial charge in [0.05, 0.1) is 12.5 Å². The number of para-hydroxylation sites is 1. The van der Waals surface area contributed by atoms with Gasteiger partial charge in [-0.2, -0.15) is 0 Å². The summed E-state index contributed by atoms with van der Waals surface area (Å²) in [7, 11) is 1.37. The topological polar surface area (TPSA) is 49.9 Å². The van der Waals surface area contributed by atoms with Crippen LogP contribution in [0.15, 0.2) is 54.6 Å². The highest BCUT2D eigenvalue weighted by Crippen LogP contribution is 2.42. The fraction of sp³-hybridized carbons (Fsp3) is 0.576. The molecule has 1 aliphatic heterocycles. The number of piperidine rings is 1. The van der Waals surface area contributed by atoms with Crippen molar-refractivity contribution in [3.8, 4) is 0 Å². The minimum atomic E-state index is -2.80. The number of halogens is 2. The van der Waals surface area contributed by atoms with E-state index in [4.69, 9.17) is 4.74 Å². The zero-order chi connectivity index (χ0) is 28.3. The first-order valence-corrected chi connectivity index (χ1v) is 14.9. The van der Waals surface area contributed by atoms with E-state index in [0.29, 0.717) is 50.4 Å². The third-order valence-electron chi connectivity index (χ3n) is 9.29. The van der Waals surface area contributed by atoms with Crippen molar-refractivity contribution in [1.82, 2.24) is 4.90 Å². The number of alkyl halides is 2. The Bertz CT molecular complexity index is 1160. The average molecular weight is 553 g/mol. The van der Waals surface area contributed by atoms with Gasteiger partial charge in [-0.3, -0.25) is 9.59 Å². The number of ether oxygens (including phenoxy) is 1. The molecule has 0 aromatic heterocycles. The molecule has 1 amide bonds. The molecule has 2 unspecified atom stereocenters. The van der Waals surface area contributed by atoms with Crippen molar-refractivity contribution < 1.29 is 23.1 Å². The van der Waals surface area contributed by atoms with E-state index in [0.717, 1.165) is 12.5 Å². The van der Waals surface area contributed by atoms with Crippen LogP contribution in [0.5, 0.6) is 0 Å². The molecule has 1 saturated heterocycles. The molecule has 0 bridgehead atoms. The summed E-state index contributed by atoms with van der Waals surface area (Å²) in [5.41, 5.74) is 2.39. The second kappa shape index (κ2) is 12.0. The molecule has 2 aromatic rings. The maximum absolute atomic E-state index is 14.4. The summed E-state index contributed by atoms with van der Waals surface area (Å²) in [5, 5.41) is 0. The van der Waals surface area contributed by atoms with Gasteiger partial charge in [0.15, 0.2) is 0 Å². The molecule has 216 valence electrons. The van der Waals surface area contributed by atoms with Crippen LogP contribution in [-0.2, 0) is 14.3 Å². The lowest BCUT2D eigenvalue weighted by atomic mass is 9.74. The summed E-state index contributed by atoms with van der Waals surface area (Å²) in [6.07, 6.45) is 3.94. The van der Waals surface area contributed by atoms with E-state index in [1.165, 1.54) is 36.0 Å². The highest BCUT2D eigenvalue weighted by atomic mass is 19.3. The molecule has 5 nitrogen and oxygen atoms in total. The molecule has 2 saturated carbocycles. The monoisotopic (exact) mass is 552 g/mol. The molecule has 3 aliphatic rings. The van der Waals surface area contributed by atoms with E-state index >= 15 is 0 Å². The standard InChI is InChI=1S/C33H42F2N2O3/c1-24(25-10-12-26(13-11-25)27-14-15-27)23-36-19-17-32(18-20-36,31(39)40-2)22-30(38)37(28-7-4-3-5-8-28)29-9-6-16-33(34,35)21-29/h3-5,7-8,10-13,24,27,29H,6,9,14-23H2,1-2H3. The van der Waals surface area contributed by atoms with Crippen LogP contribution in [0.3, 0.4) is 0 Å². The smallest absolute Gasteiger partial charge is 0.312 e. The number of hydrogen-bond donors (Lipinski definition) is 0. The zero-order valence-electron chi connectivity index (χ0n) is 23.8. The lowest BCUT2D eigenvalue weighted by Gasteiger charge is -2.42. The first-order chi connectivity index (χ1) is 19.2. The molecule has 7 heteroatoms. The van der Waals surface area contributed by atoms with Crippen LogP contribution in [0.25, 0.3) is 0 Å². The molecule has 5 rings (SSSR count). The fourth-order valence-electron chi connectivity index (χ4n) is 6.73. The number of anilines is 1. The van der Waals surface area contributed by atoms with Crippen molar-refractivity contribution >= 4 is 17.6 Å². The van der Waals surface area contributed by atoms with Crippen molar-refractivity contribution in [2.45, 2.75) is 88.5 Å². The lowest BCUT2D eigenvalue weighted by molar-refractivity contribution is -0.158. The Hall–Kier alpha value is -2.80. The van der Waals surface area contributed by atoms with Crippen LogP contribution >= 0.6 is 0 Å². The first-order valence-electron chi connectivity index (χ1n) is 14.9. The molecular formula is C33H42F2N2O3. The molecule has 0 spiro atoms. The molecule has 1 heterocycles. The number of likely N-dealkylation sites (tertiary alicyclic amines) is 1. The van der Waals surface area contributed by atoms with E-state index in [1.807, 2.05) is 18.2 Å². The molecule has 0 N–H and O–H groups in total. The van der Waals surface area contributed by atoms with Gasteiger partial charge in [-0.05, 0) is 86.7 Å². The summed E-state index contributed by atoms with van der Waals surface area (Å²) in [5.74, 6) is -2.37. The van der Waals surface area contributed by atoms with Gasteiger partial charge in [-0.15, -0.1) is 0 Å². The van der Waals surface area contributed by atoms with E-state index in [1.54, 1.807) is 12.1 Å². The Morgan fingerprint density at radius 3 is 2.27 bits per heavy atom. The summed E-state index contributed by atoms with van der Waals surface area (Å²) < 4.78 is 34.1. The Kier molecular flexibility index (Phi) is 8.60. The van der Waals surface area contributed by atoms with E-state index in [-0.39, 0.29) is 31.1 Å². The van der Waals surface area contributed by atoms with Crippen LogP contribution in [0.2, 0.25) is 0 Å². The zero-order valence-corrected chi connectivity index (χ0v) is 23.8. The predicted molar refractivity (Wildman–Crippen MR) is 153 cm³/mol. The SMILES string of the molecule is COC(=O)C1(CC(=O)N(c2ccccc2)C2CCCC(F)(F)C2)CCN(CC(C)c2ccc(C3CC3)cc2)CC1. The number of carbonyl (C=O) groups excluding carboxylic acids is 2. The van der Waals surface area contributed by atoms with E-state index in [9.17, 15) is 18.4 Å². The summed E-state index contributed by atoms with van der Waals surface area (Å²) in [6.45, 7) is 4.47. The number of methoxy groups -OCH3 is 1. The molecular weight excluding hydrogens is 510 g/mol. The Balaban J connectivity index is 1.27. The third-order valence-corrected chi connectivity index (χ3v) is 9.29. The molecule has 2 atom stereocenters. The molecule has 2 aliphatic carbocycles. The maximum Gasteiger partial charge on any atom is 0.312 e. The second-order valence-corrected chi connectivity index (χ2v) is 12.3. The highest BCUT2D eigenvalue weighted by Gasteiger charge is 2.47. The number of hydrogen-bond acceptors (Lipinski definition) is 4. The number of benzene rings is 2. The predicted octanol–water partition coefficient (Wildman–Crippen LogP) is 6.92. The van der Waals surface area contributed by atoms with Gasteiger partial charge in [0.1, 0.15) is 0 Å². The molecule has 3 fully saturated rings. The van der Waals surface area contributed by atoms with Crippen LogP contribution in [0, 0.1) is 5.41 Å². The van der Waals surface area contributed by atoms with Crippen molar-refractivity contribution in [3.63, 3.8) is 0 Å². The van der Waals surface area contributed by atoms with Gasteiger partial charge >= 0.3 is 5.97 Å². The van der Waals surface area contributed by atoms with Crippen LogP contribution in [-0.4, -0.2) is 55.5 Å². The molecule has 40 heavy (non-hydrogen) atoms. The van der Waals surface area contributed by atoms with Gasteiger partial charge in [0.2, 0.25) is 11.8 Å². The normalized spacial score (nSPS) is 23.2. The Labute approximate surface area is 236 Å². The average Bonchev–Trinajstić information content (AvgIpc) is 3.80. The van der Waals surface area contributed by atoms with Gasteiger partial charge < -0.3 is 14.5 Å².